The highest BCUT2D eigenvalue weighted by molar-refractivity contribution is 5.58. The van der Waals surface area contributed by atoms with Crippen molar-refractivity contribution in [3.8, 4) is 0 Å². The predicted molar refractivity (Wildman–Crippen MR) is 90.2 cm³/mol. The molecule has 21 heavy (non-hydrogen) atoms. The highest BCUT2D eigenvalue weighted by atomic mass is 15.2. The van der Waals surface area contributed by atoms with E-state index in [1.807, 2.05) is 0 Å². The summed E-state index contributed by atoms with van der Waals surface area (Å²) in [6.45, 7) is 13.0. The van der Waals surface area contributed by atoms with Crippen molar-refractivity contribution in [2.24, 2.45) is 5.41 Å². The van der Waals surface area contributed by atoms with E-state index >= 15 is 0 Å². The summed E-state index contributed by atoms with van der Waals surface area (Å²) in [7, 11) is 2.14. The van der Waals surface area contributed by atoms with E-state index in [-0.39, 0.29) is 5.41 Å². The Bertz CT molecular complexity index is 486. The Labute approximate surface area is 129 Å². The van der Waals surface area contributed by atoms with Crippen LogP contribution in [0, 0.1) is 12.3 Å². The molecule has 2 rings (SSSR count). The SMILES string of the molecule is CCCNc1nc(C2CC2)nc(N(C)CC(C)(C)C)c1C. The van der Waals surface area contributed by atoms with Crippen LogP contribution in [0.25, 0.3) is 0 Å². The van der Waals surface area contributed by atoms with Gasteiger partial charge in [-0.05, 0) is 31.6 Å². The summed E-state index contributed by atoms with van der Waals surface area (Å²) in [5.41, 5.74) is 1.42. The fourth-order valence-corrected chi connectivity index (χ4v) is 2.62. The van der Waals surface area contributed by atoms with Crippen LogP contribution >= 0.6 is 0 Å². The number of rotatable bonds is 6. The minimum absolute atomic E-state index is 0.253. The second kappa shape index (κ2) is 6.20. The van der Waals surface area contributed by atoms with Crippen LogP contribution in [-0.4, -0.2) is 30.1 Å². The van der Waals surface area contributed by atoms with E-state index in [1.165, 1.54) is 18.4 Å². The van der Waals surface area contributed by atoms with Crippen LogP contribution < -0.4 is 10.2 Å². The maximum atomic E-state index is 4.86. The minimum Gasteiger partial charge on any atom is -0.370 e. The number of nitrogens with one attached hydrogen (secondary N) is 1. The van der Waals surface area contributed by atoms with Gasteiger partial charge in [0.2, 0.25) is 0 Å². The molecule has 1 N–H and O–H groups in total. The zero-order valence-electron chi connectivity index (χ0n) is 14.5. The fourth-order valence-electron chi connectivity index (χ4n) is 2.62. The van der Waals surface area contributed by atoms with Gasteiger partial charge >= 0.3 is 0 Å². The van der Waals surface area contributed by atoms with Gasteiger partial charge in [0, 0.05) is 31.6 Å². The Morgan fingerprint density at radius 1 is 1.24 bits per heavy atom. The molecule has 1 aliphatic carbocycles. The summed E-state index contributed by atoms with van der Waals surface area (Å²) in [6.07, 6.45) is 3.58. The van der Waals surface area contributed by atoms with E-state index in [9.17, 15) is 0 Å². The average molecular weight is 290 g/mol. The van der Waals surface area contributed by atoms with Crippen LogP contribution in [0.3, 0.4) is 0 Å². The lowest BCUT2D eigenvalue weighted by molar-refractivity contribution is 0.417. The van der Waals surface area contributed by atoms with Gasteiger partial charge in [-0.3, -0.25) is 0 Å². The molecule has 118 valence electrons. The zero-order chi connectivity index (χ0) is 15.6. The van der Waals surface area contributed by atoms with Gasteiger partial charge in [-0.25, -0.2) is 9.97 Å². The highest BCUT2D eigenvalue weighted by Gasteiger charge is 2.29. The first-order chi connectivity index (χ1) is 9.81. The Balaban J connectivity index is 2.31. The Morgan fingerprint density at radius 3 is 2.43 bits per heavy atom. The Morgan fingerprint density at radius 2 is 1.90 bits per heavy atom. The molecule has 1 aliphatic rings. The van der Waals surface area contributed by atoms with Crippen LogP contribution in [0.2, 0.25) is 0 Å². The van der Waals surface area contributed by atoms with Crippen molar-refractivity contribution in [2.45, 2.75) is 59.8 Å². The molecule has 4 nitrogen and oxygen atoms in total. The van der Waals surface area contributed by atoms with Gasteiger partial charge in [0.25, 0.3) is 0 Å². The molecular weight excluding hydrogens is 260 g/mol. The van der Waals surface area contributed by atoms with Gasteiger partial charge in [0.05, 0.1) is 0 Å². The molecule has 1 fully saturated rings. The third kappa shape index (κ3) is 4.32. The van der Waals surface area contributed by atoms with E-state index in [0.717, 1.165) is 37.0 Å². The predicted octanol–water partition coefficient (Wildman–Crippen LogP) is 3.97. The Kier molecular flexibility index (Phi) is 4.74. The van der Waals surface area contributed by atoms with Crippen molar-refractivity contribution < 1.29 is 0 Å². The first-order valence-electron chi connectivity index (χ1n) is 8.15. The molecule has 0 bridgehead atoms. The first-order valence-corrected chi connectivity index (χ1v) is 8.15. The van der Waals surface area contributed by atoms with E-state index in [0.29, 0.717) is 5.92 Å². The number of hydrogen-bond acceptors (Lipinski definition) is 4. The summed E-state index contributed by atoms with van der Waals surface area (Å²) in [6, 6.07) is 0. The smallest absolute Gasteiger partial charge is 0.137 e. The lowest BCUT2D eigenvalue weighted by Crippen LogP contribution is -2.31. The second-order valence-electron chi connectivity index (χ2n) is 7.50. The Hall–Kier alpha value is -1.32. The van der Waals surface area contributed by atoms with Gasteiger partial charge in [-0.2, -0.15) is 0 Å². The van der Waals surface area contributed by atoms with Crippen LogP contribution in [-0.2, 0) is 0 Å². The van der Waals surface area contributed by atoms with Gasteiger partial charge in [-0.1, -0.05) is 27.7 Å². The van der Waals surface area contributed by atoms with Crippen molar-refractivity contribution in [2.75, 3.05) is 30.4 Å². The summed E-state index contributed by atoms with van der Waals surface area (Å²) in [5, 5.41) is 3.47. The van der Waals surface area contributed by atoms with E-state index in [4.69, 9.17) is 9.97 Å². The molecule has 0 radical (unpaired) electrons. The molecule has 4 heteroatoms. The quantitative estimate of drug-likeness (QED) is 0.861. The fraction of sp³-hybridized carbons (Fsp3) is 0.765. The molecule has 1 aromatic heterocycles. The lowest BCUT2D eigenvalue weighted by atomic mass is 9.96. The molecule has 0 atom stereocenters. The van der Waals surface area contributed by atoms with E-state index < -0.39 is 0 Å². The molecule has 1 saturated carbocycles. The number of hydrogen-bond donors (Lipinski definition) is 1. The van der Waals surface area contributed by atoms with Gasteiger partial charge in [0.15, 0.2) is 0 Å². The zero-order valence-corrected chi connectivity index (χ0v) is 14.5. The summed E-state index contributed by atoms with van der Waals surface area (Å²) < 4.78 is 0. The standard InChI is InChI=1S/C17H30N4/c1-7-10-18-14-12(2)16(21(6)11-17(3,4)5)20-15(19-14)13-8-9-13/h13H,7-11H2,1-6H3,(H,18,19,20). The van der Waals surface area contributed by atoms with E-state index in [1.54, 1.807) is 0 Å². The van der Waals surface area contributed by atoms with Gasteiger partial charge < -0.3 is 10.2 Å². The largest absolute Gasteiger partial charge is 0.370 e. The summed E-state index contributed by atoms with van der Waals surface area (Å²) in [5.74, 6) is 3.70. The normalized spacial score (nSPS) is 15.1. The van der Waals surface area contributed by atoms with Crippen molar-refractivity contribution >= 4 is 11.6 Å². The molecule has 0 amide bonds. The van der Waals surface area contributed by atoms with E-state index in [2.05, 4.69) is 51.9 Å². The molecule has 1 heterocycles. The van der Waals surface area contributed by atoms with Crippen LogP contribution in [0.1, 0.15) is 64.3 Å². The van der Waals surface area contributed by atoms with Crippen molar-refractivity contribution in [3.63, 3.8) is 0 Å². The molecule has 0 unspecified atom stereocenters. The van der Waals surface area contributed by atoms with Gasteiger partial charge in [0.1, 0.15) is 17.5 Å². The van der Waals surface area contributed by atoms with Crippen molar-refractivity contribution in [3.05, 3.63) is 11.4 Å². The van der Waals surface area contributed by atoms with Crippen molar-refractivity contribution in [1.82, 2.24) is 9.97 Å². The number of anilines is 2. The van der Waals surface area contributed by atoms with Crippen LogP contribution in [0.15, 0.2) is 0 Å². The third-order valence-corrected chi connectivity index (χ3v) is 3.70. The summed E-state index contributed by atoms with van der Waals surface area (Å²) >= 11 is 0. The molecule has 0 aromatic carbocycles. The topological polar surface area (TPSA) is 41.1 Å². The van der Waals surface area contributed by atoms with Crippen LogP contribution in [0.5, 0.6) is 0 Å². The van der Waals surface area contributed by atoms with Crippen LogP contribution in [0.4, 0.5) is 11.6 Å². The monoisotopic (exact) mass is 290 g/mol. The minimum atomic E-state index is 0.253. The van der Waals surface area contributed by atoms with Crippen molar-refractivity contribution in [1.29, 1.82) is 0 Å². The molecule has 1 aromatic rings. The molecule has 0 aliphatic heterocycles. The molecule has 0 spiro atoms. The number of aromatic nitrogens is 2. The average Bonchev–Trinajstić information content (AvgIpc) is 3.19. The molecular formula is C17H30N4. The lowest BCUT2D eigenvalue weighted by Gasteiger charge is -2.29. The first kappa shape index (κ1) is 16.1. The highest BCUT2D eigenvalue weighted by Crippen LogP contribution is 2.40. The summed E-state index contributed by atoms with van der Waals surface area (Å²) in [4.78, 5) is 11.9. The maximum absolute atomic E-state index is 4.86. The third-order valence-electron chi connectivity index (χ3n) is 3.70. The molecule has 0 saturated heterocycles. The second-order valence-corrected chi connectivity index (χ2v) is 7.50. The van der Waals surface area contributed by atoms with Gasteiger partial charge in [-0.15, -0.1) is 0 Å². The number of nitrogens with zero attached hydrogens (tertiary/aromatic N) is 3. The maximum Gasteiger partial charge on any atom is 0.137 e.